The number of aromatic nitrogens is 1. The molecule has 146 valence electrons. The van der Waals surface area contributed by atoms with Crippen molar-refractivity contribution < 1.29 is 9.32 Å². The van der Waals surface area contributed by atoms with Gasteiger partial charge in [0.1, 0.15) is 5.76 Å². The Labute approximate surface area is 174 Å². The summed E-state index contributed by atoms with van der Waals surface area (Å²) >= 11 is 7.23. The molecule has 3 aromatic rings. The molecule has 3 heterocycles. The summed E-state index contributed by atoms with van der Waals surface area (Å²) in [5, 5.41) is 4.28. The number of hydrogen-bond acceptors (Lipinski definition) is 5. The molecule has 0 amide bonds. The lowest BCUT2D eigenvalue weighted by molar-refractivity contribution is 0.0984. The molecule has 0 spiro atoms. The zero-order valence-corrected chi connectivity index (χ0v) is 17.2. The second-order valence-corrected chi connectivity index (χ2v) is 9.00. The summed E-state index contributed by atoms with van der Waals surface area (Å²) in [6.45, 7) is 3.14. The Morgan fingerprint density at radius 3 is 2.68 bits per heavy atom. The zero-order valence-electron chi connectivity index (χ0n) is 15.6. The summed E-state index contributed by atoms with van der Waals surface area (Å²) in [4.78, 5) is 15.4. The van der Waals surface area contributed by atoms with Crippen LogP contribution in [0.1, 0.15) is 51.9 Å². The first-order valence-corrected chi connectivity index (χ1v) is 10.9. The van der Waals surface area contributed by atoms with Gasteiger partial charge in [-0.15, -0.1) is 11.3 Å². The van der Waals surface area contributed by atoms with Crippen LogP contribution in [0, 0.1) is 0 Å². The zero-order chi connectivity index (χ0) is 19.3. The van der Waals surface area contributed by atoms with E-state index in [-0.39, 0.29) is 5.78 Å². The van der Waals surface area contributed by atoms with Crippen LogP contribution < -0.4 is 0 Å². The Bertz CT molecular complexity index is 914. The number of hydrogen-bond donors (Lipinski definition) is 0. The number of piperidine rings is 1. The molecule has 1 aliphatic heterocycles. The van der Waals surface area contributed by atoms with E-state index >= 15 is 0 Å². The van der Waals surface area contributed by atoms with Crippen molar-refractivity contribution in [3.8, 4) is 0 Å². The second-order valence-electron chi connectivity index (χ2n) is 7.28. The molecular weight excluding hydrogens is 392 g/mol. The van der Waals surface area contributed by atoms with Gasteiger partial charge in [-0.25, -0.2) is 0 Å². The van der Waals surface area contributed by atoms with Crippen molar-refractivity contribution in [1.29, 1.82) is 0 Å². The fraction of sp³-hybridized carbons (Fsp3) is 0.364. The first kappa shape index (κ1) is 19.4. The van der Waals surface area contributed by atoms with Crippen LogP contribution >= 0.6 is 22.9 Å². The SMILES string of the molecule is O=C(CCc1cc(C2CCN(Cc3ccccc3)CC2)no1)c1ccc(Cl)s1. The van der Waals surface area contributed by atoms with Gasteiger partial charge in [-0.1, -0.05) is 47.1 Å². The number of thiophene rings is 1. The number of likely N-dealkylation sites (tertiary alicyclic amines) is 1. The second kappa shape index (κ2) is 9.03. The number of benzene rings is 1. The highest BCUT2D eigenvalue weighted by molar-refractivity contribution is 7.18. The number of rotatable bonds is 7. The van der Waals surface area contributed by atoms with Crippen LogP contribution in [-0.4, -0.2) is 28.9 Å². The lowest BCUT2D eigenvalue weighted by atomic mass is 9.93. The molecule has 0 unspecified atom stereocenters. The van der Waals surface area contributed by atoms with E-state index in [1.54, 1.807) is 12.1 Å². The van der Waals surface area contributed by atoms with E-state index in [1.807, 2.05) is 6.07 Å². The lowest BCUT2D eigenvalue weighted by Crippen LogP contribution is -2.32. The van der Waals surface area contributed by atoms with Gasteiger partial charge in [0.2, 0.25) is 0 Å². The predicted octanol–water partition coefficient (Wildman–Crippen LogP) is 5.58. The summed E-state index contributed by atoms with van der Waals surface area (Å²) in [6, 6.07) is 16.2. The van der Waals surface area contributed by atoms with Crippen LogP contribution in [0.3, 0.4) is 0 Å². The summed E-state index contributed by atoms with van der Waals surface area (Å²) in [5.41, 5.74) is 2.39. The normalized spacial score (nSPS) is 15.8. The molecule has 0 saturated carbocycles. The van der Waals surface area contributed by atoms with Gasteiger partial charge in [0, 0.05) is 31.4 Å². The van der Waals surface area contributed by atoms with E-state index in [1.165, 1.54) is 16.9 Å². The van der Waals surface area contributed by atoms with Crippen molar-refractivity contribution in [3.05, 3.63) is 74.8 Å². The van der Waals surface area contributed by atoms with Crippen LogP contribution in [0.15, 0.2) is 53.1 Å². The number of nitrogens with zero attached hydrogens (tertiary/aromatic N) is 2. The fourth-order valence-electron chi connectivity index (χ4n) is 3.69. The standard InChI is InChI=1S/C22H23ClN2O2S/c23-22-9-8-21(28-22)20(26)7-6-18-14-19(24-27-18)17-10-12-25(13-11-17)15-16-4-2-1-3-5-16/h1-5,8-9,14,17H,6-7,10-13,15H2. The lowest BCUT2D eigenvalue weighted by Gasteiger charge is -2.31. The molecule has 4 nitrogen and oxygen atoms in total. The van der Waals surface area contributed by atoms with Crippen LogP contribution in [0.5, 0.6) is 0 Å². The number of carbonyl (C=O) groups excluding carboxylic acids is 1. The van der Waals surface area contributed by atoms with Crippen molar-refractivity contribution in [2.75, 3.05) is 13.1 Å². The third kappa shape index (κ3) is 4.90. The third-order valence-electron chi connectivity index (χ3n) is 5.28. The van der Waals surface area contributed by atoms with Gasteiger partial charge >= 0.3 is 0 Å². The van der Waals surface area contributed by atoms with E-state index in [0.29, 0.717) is 28.0 Å². The minimum atomic E-state index is 0.101. The van der Waals surface area contributed by atoms with Gasteiger partial charge in [-0.2, -0.15) is 0 Å². The number of aryl methyl sites for hydroxylation is 1. The van der Waals surface area contributed by atoms with E-state index in [2.05, 4.69) is 40.4 Å². The molecule has 0 aliphatic carbocycles. The molecule has 1 fully saturated rings. The summed E-state index contributed by atoms with van der Waals surface area (Å²) in [6.07, 6.45) is 3.17. The maximum Gasteiger partial charge on any atom is 0.173 e. The first-order valence-electron chi connectivity index (χ1n) is 9.67. The van der Waals surface area contributed by atoms with E-state index in [4.69, 9.17) is 16.1 Å². The molecule has 6 heteroatoms. The average Bonchev–Trinajstić information content (AvgIpc) is 3.37. The van der Waals surface area contributed by atoms with Crippen LogP contribution in [0.2, 0.25) is 4.34 Å². The number of halogens is 1. The molecule has 0 radical (unpaired) electrons. The van der Waals surface area contributed by atoms with Crippen LogP contribution in [0.25, 0.3) is 0 Å². The van der Waals surface area contributed by atoms with E-state index < -0.39 is 0 Å². The van der Waals surface area contributed by atoms with Gasteiger partial charge in [-0.3, -0.25) is 9.69 Å². The van der Waals surface area contributed by atoms with Crippen molar-refractivity contribution in [3.63, 3.8) is 0 Å². The van der Waals surface area contributed by atoms with Gasteiger partial charge in [0.15, 0.2) is 5.78 Å². The van der Waals surface area contributed by atoms with Gasteiger partial charge in [-0.05, 0) is 43.6 Å². The number of Topliss-reactive ketones (excluding diaryl/α,β-unsaturated/α-hetero) is 1. The third-order valence-corrected chi connectivity index (χ3v) is 6.55. The Morgan fingerprint density at radius 1 is 1.18 bits per heavy atom. The largest absolute Gasteiger partial charge is 0.361 e. The summed E-state index contributed by atoms with van der Waals surface area (Å²) in [5.74, 6) is 1.33. The minimum absolute atomic E-state index is 0.101. The fourth-order valence-corrected chi connectivity index (χ4v) is 4.70. The van der Waals surface area contributed by atoms with Gasteiger partial charge in [0.05, 0.1) is 14.9 Å². The average molecular weight is 415 g/mol. The maximum atomic E-state index is 12.2. The van der Waals surface area contributed by atoms with Crippen molar-refractivity contribution in [2.45, 2.75) is 38.1 Å². The molecule has 1 aliphatic rings. The molecule has 4 rings (SSSR count). The van der Waals surface area contributed by atoms with Crippen molar-refractivity contribution in [1.82, 2.24) is 10.1 Å². The Morgan fingerprint density at radius 2 is 1.96 bits per heavy atom. The Balaban J connectivity index is 1.26. The van der Waals surface area contributed by atoms with Crippen molar-refractivity contribution >= 4 is 28.7 Å². The van der Waals surface area contributed by atoms with Crippen LogP contribution in [-0.2, 0) is 13.0 Å². The molecule has 0 atom stereocenters. The highest BCUT2D eigenvalue weighted by atomic mass is 35.5. The molecule has 0 bridgehead atoms. The Hall–Kier alpha value is -1.95. The van der Waals surface area contributed by atoms with Crippen molar-refractivity contribution in [2.24, 2.45) is 0 Å². The molecule has 28 heavy (non-hydrogen) atoms. The molecule has 2 aromatic heterocycles. The van der Waals surface area contributed by atoms with Crippen LogP contribution in [0.4, 0.5) is 0 Å². The minimum Gasteiger partial charge on any atom is -0.361 e. The van der Waals surface area contributed by atoms with Gasteiger partial charge in [0.25, 0.3) is 0 Å². The monoisotopic (exact) mass is 414 g/mol. The highest BCUT2D eigenvalue weighted by Crippen LogP contribution is 2.29. The van der Waals surface area contributed by atoms with E-state index in [0.717, 1.165) is 43.9 Å². The molecular formula is C22H23ClN2O2S. The van der Waals surface area contributed by atoms with E-state index in [9.17, 15) is 4.79 Å². The highest BCUT2D eigenvalue weighted by Gasteiger charge is 2.23. The molecule has 0 N–H and O–H groups in total. The number of carbonyl (C=O) groups is 1. The van der Waals surface area contributed by atoms with Gasteiger partial charge < -0.3 is 4.52 Å². The predicted molar refractivity (Wildman–Crippen MR) is 112 cm³/mol. The maximum absolute atomic E-state index is 12.2. The quantitative estimate of drug-likeness (QED) is 0.473. The molecule has 1 aromatic carbocycles. The smallest absolute Gasteiger partial charge is 0.173 e. The Kier molecular flexibility index (Phi) is 6.25. The summed E-state index contributed by atoms with van der Waals surface area (Å²) < 4.78 is 6.14. The first-order chi connectivity index (χ1) is 13.7. The topological polar surface area (TPSA) is 46.3 Å². The summed E-state index contributed by atoms with van der Waals surface area (Å²) in [7, 11) is 0. The number of ketones is 1. The molecule has 1 saturated heterocycles.